The fourth-order valence-electron chi connectivity index (χ4n) is 1.85. The van der Waals surface area contributed by atoms with E-state index in [2.05, 4.69) is 15.9 Å². The number of rotatable bonds is 3. The summed E-state index contributed by atoms with van der Waals surface area (Å²) in [6.07, 6.45) is 3.19. The van der Waals surface area contributed by atoms with Crippen molar-refractivity contribution in [1.82, 2.24) is 9.88 Å². The molecule has 6 nitrogen and oxygen atoms in total. The molecule has 110 valence electrons. The van der Waals surface area contributed by atoms with Gasteiger partial charge in [-0.3, -0.25) is 10.1 Å². The van der Waals surface area contributed by atoms with Crippen molar-refractivity contribution in [1.29, 1.82) is 5.26 Å². The Bertz CT molecular complexity index is 802. The summed E-state index contributed by atoms with van der Waals surface area (Å²) in [5, 5.41) is 10.9. The van der Waals surface area contributed by atoms with Gasteiger partial charge in [0.15, 0.2) is 0 Å². The van der Waals surface area contributed by atoms with Crippen molar-refractivity contribution in [2.45, 2.75) is 0 Å². The maximum Gasteiger partial charge on any atom is 0.319 e. The lowest BCUT2D eigenvalue weighted by atomic mass is 10.2. The highest BCUT2D eigenvalue weighted by Crippen LogP contribution is 2.19. The van der Waals surface area contributed by atoms with Crippen LogP contribution in [0.15, 0.2) is 52.6 Å². The maximum atomic E-state index is 11.7. The number of carbonyl (C=O) groups is 2. The molecule has 0 saturated carbocycles. The molecule has 0 aliphatic rings. The van der Waals surface area contributed by atoms with Crippen molar-refractivity contribution in [2.75, 3.05) is 0 Å². The Morgan fingerprint density at radius 2 is 2.09 bits per heavy atom. The van der Waals surface area contributed by atoms with E-state index in [9.17, 15) is 9.59 Å². The van der Waals surface area contributed by atoms with Crippen LogP contribution < -0.4 is 11.1 Å². The maximum absolute atomic E-state index is 11.7. The normalized spacial score (nSPS) is 10.8. The molecule has 0 spiro atoms. The van der Waals surface area contributed by atoms with Crippen molar-refractivity contribution in [2.24, 2.45) is 5.73 Å². The molecule has 0 radical (unpaired) electrons. The SMILES string of the molecule is N#C/C(=C/c1cccn1-c1cccc(Br)c1)C(=O)NC(N)=O. The van der Waals surface area contributed by atoms with Crippen LogP contribution in [0.1, 0.15) is 5.69 Å². The van der Waals surface area contributed by atoms with Crippen LogP contribution in [0.2, 0.25) is 0 Å². The second-order valence-corrected chi connectivity index (χ2v) is 5.19. The Morgan fingerprint density at radius 3 is 2.73 bits per heavy atom. The van der Waals surface area contributed by atoms with Gasteiger partial charge in [-0.15, -0.1) is 0 Å². The lowest BCUT2D eigenvalue weighted by Gasteiger charge is -2.07. The van der Waals surface area contributed by atoms with Crippen LogP contribution in [-0.4, -0.2) is 16.5 Å². The molecule has 0 unspecified atom stereocenters. The minimum absolute atomic E-state index is 0.214. The van der Waals surface area contributed by atoms with E-state index in [0.29, 0.717) is 5.69 Å². The second-order valence-electron chi connectivity index (χ2n) is 4.27. The number of nitrogens with one attached hydrogen (secondary N) is 1. The number of hydrogen-bond donors (Lipinski definition) is 2. The minimum atomic E-state index is -1.01. The van der Waals surface area contributed by atoms with E-state index in [1.807, 2.05) is 29.6 Å². The predicted molar refractivity (Wildman–Crippen MR) is 84.8 cm³/mol. The van der Waals surface area contributed by atoms with Crippen molar-refractivity contribution in [3.63, 3.8) is 0 Å². The quantitative estimate of drug-likeness (QED) is 0.650. The van der Waals surface area contributed by atoms with Gasteiger partial charge in [-0.1, -0.05) is 22.0 Å². The van der Waals surface area contributed by atoms with Gasteiger partial charge in [0.05, 0.1) is 0 Å². The number of halogens is 1. The van der Waals surface area contributed by atoms with Gasteiger partial charge in [-0.25, -0.2) is 4.79 Å². The standard InChI is InChI=1S/C15H11BrN4O2/c16-11-3-1-4-13(8-11)20-6-2-5-12(20)7-10(9-17)14(21)19-15(18)22/h1-8H,(H3,18,19,21,22)/b10-7-. The van der Waals surface area contributed by atoms with Gasteiger partial charge in [-0.05, 0) is 36.4 Å². The lowest BCUT2D eigenvalue weighted by Crippen LogP contribution is -2.35. The zero-order valence-electron chi connectivity index (χ0n) is 11.3. The summed E-state index contributed by atoms with van der Waals surface area (Å²) >= 11 is 3.39. The second kappa shape index (κ2) is 6.74. The zero-order chi connectivity index (χ0) is 16.1. The van der Waals surface area contributed by atoms with Gasteiger partial charge >= 0.3 is 6.03 Å². The molecule has 0 aliphatic carbocycles. The number of hydrogen-bond acceptors (Lipinski definition) is 3. The molecule has 7 heteroatoms. The molecular weight excluding hydrogens is 348 g/mol. The van der Waals surface area contributed by atoms with Gasteiger partial charge < -0.3 is 10.3 Å². The first-order valence-electron chi connectivity index (χ1n) is 6.17. The molecule has 3 N–H and O–H groups in total. The molecule has 0 fully saturated rings. The number of nitrogens with two attached hydrogens (primary N) is 1. The van der Waals surface area contributed by atoms with Gasteiger partial charge in [-0.2, -0.15) is 5.26 Å². The van der Waals surface area contributed by atoms with E-state index in [0.717, 1.165) is 10.2 Å². The molecular formula is C15H11BrN4O2. The first kappa shape index (κ1) is 15.5. The summed E-state index contributed by atoms with van der Waals surface area (Å²) in [4.78, 5) is 22.4. The minimum Gasteiger partial charge on any atom is -0.351 e. The highest BCUT2D eigenvalue weighted by Gasteiger charge is 2.12. The molecule has 3 amide bonds. The van der Waals surface area contributed by atoms with Gasteiger partial charge in [0.1, 0.15) is 11.6 Å². The zero-order valence-corrected chi connectivity index (χ0v) is 12.9. The molecule has 22 heavy (non-hydrogen) atoms. The van der Waals surface area contributed by atoms with E-state index < -0.39 is 11.9 Å². The average molecular weight is 359 g/mol. The Kier molecular flexibility index (Phi) is 4.76. The number of imide groups is 1. The molecule has 1 heterocycles. The Balaban J connectivity index is 2.40. The summed E-state index contributed by atoms with van der Waals surface area (Å²) in [6.45, 7) is 0. The lowest BCUT2D eigenvalue weighted by molar-refractivity contribution is -0.115. The Morgan fingerprint density at radius 1 is 1.32 bits per heavy atom. The number of amides is 3. The smallest absolute Gasteiger partial charge is 0.319 e. The number of carbonyl (C=O) groups excluding carboxylic acids is 2. The van der Waals surface area contributed by atoms with Crippen molar-refractivity contribution < 1.29 is 9.59 Å². The third-order valence-electron chi connectivity index (χ3n) is 2.76. The van der Waals surface area contributed by atoms with Gasteiger partial charge in [0, 0.05) is 22.1 Å². The highest BCUT2D eigenvalue weighted by atomic mass is 79.9. The molecule has 0 aliphatic heterocycles. The van der Waals surface area contributed by atoms with Crippen LogP contribution in [0.25, 0.3) is 11.8 Å². The van der Waals surface area contributed by atoms with Crippen LogP contribution >= 0.6 is 15.9 Å². The van der Waals surface area contributed by atoms with Crippen LogP contribution in [0.4, 0.5) is 4.79 Å². The molecule has 2 rings (SSSR count). The van der Waals surface area contributed by atoms with Gasteiger partial charge in [0.2, 0.25) is 0 Å². The molecule has 1 aromatic heterocycles. The van der Waals surface area contributed by atoms with Crippen LogP contribution in [0, 0.1) is 11.3 Å². The summed E-state index contributed by atoms with van der Waals surface area (Å²) in [7, 11) is 0. The van der Waals surface area contributed by atoms with E-state index in [-0.39, 0.29) is 5.57 Å². The van der Waals surface area contributed by atoms with Crippen molar-refractivity contribution in [3.05, 3.63) is 58.3 Å². The number of benzene rings is 1. The topological polar surface area (TPSA) is 101 Å². The predicted octanol–water partition coefficient (Wildman–Crippen LogP) is 2.34. The first-order valence-corrected chi connectivity index (χ1v) is 6.96. The highest BCUT2D eigenvalue weighted by molar-refractivity contribution is 9.10. The van der Waals surface area contributed by atoms with Crippen LogP contribution in [0.5, 0.6) is 0 Å². The summed E-state index contributed by atoms with van der Waals surface area (Å²) in [5.41, 5.74) is 6.14. The largest absolute Gasteiger partial charge is 0.351 e. The third-order valence-corrected chi connectivity index (χ3v) is 3.25. The van der Waals surface area contributed by atoms with Crippen LogP contribution in [-0.2, 0) is 4.79 Å². The van der Waals surface area contributed by atoms with Crippen LogP contribution in [0.3, 0.4) is 0 Å². The number of aromatic nitrogens is 1. The fourth-order valence-corrected chi connectivity index (χ4v) is 2.24. The first-order chi connectivity index (χ1) is 10.5. The number of nitrogens with zero attached hydrogens (tertiary/aromatic N) is 2. The van der Waals surface area contributed by atoms with Gasteiger partial charge in [0.25, 0.3) is 5.91 Å². The summed E-state index contributed by atoms with van der Waals surface area (Å²) in [5.74, 6) is -0.836. The molecule has 2 aromatic rings. The molecule has 0 saturated heterocycles. The van der Waals surface area contributed by atoms with E-state index >= 15 is 0 Å². The monoisotopic (exact) mass is 358 g/mol. The summed E-state index contributed by atoms with van der Waals surface area (Å²) < 4.78 is 2.71. The molecule has 0 atom stereocenters. The van der Waals surface area contributed by atoms with Crippen molar-refractivity contribution in [3.8, 4) is 11.8 Å². The Hall–Kier alpha value is -2.85. The van der Waals surface area contributed by atoms with E-state index in [1.54, 1.807) is 29.0 Å². The van der Waals surface area contributed by atoms with Crippen molar-refractivity contribution >= 4 is 33.9 Å². The Labute approximate surface area is 135 Å². The fraction of sp³-hybridized carbons (Fsp3) is 0. The average Bonchev–Trinajstić information content (AvgIpc) is 2.92. The van der Waals surface area contributed by atoms with E-state index in [1.165, 1.54) is 6.08 Å². The summed E-state index contributed by atoms with van der Waals surface area (Å²) in [6, 6.07) is 11.8. The molecule has 1 aromatic carbocycles. The number of nitriles is 1. The van der Waals surface area contributed by atoms with E-state index in [4.69, 9.17) is 11.0 Å². The third kappa shape index (κ3) is 3.62. The number of primary amides is 1. The molecule has 0 bridgehead atoms. The number of urea groups is 1.